The summed E-state index contributed by atoms with van der Waals surface area (Å²) in [5.41, 5.74) is 3.14. The van der Waals surface area contributed by atoms with E-state index in [1.807, 2.05) is 37.3 Å². The summed E-state index contributed by atoms with van der Waals surface area (Å²) in [6, 6.07) is 10.2. The lowest BCUT2D eigenvalue weighted by molar-refractivity contribution is -0.121. The van der Waals surface area contributed by atoms with Crippen molar-refractivity contribution in [3.05, 3.63) is 52.3 Å². The molecule has 1 amide bonds. The molecule has 8 nitrogen and oxygen atoms in total. The molecule has 1 aromatic carbocycles. The summed E-state index contributed by atoms with van der Waals surface area (Å²) < 4.78 is 1.66. The van der Waals surface area contributed by atoms with Gasteiger partial charge in [-0.1, -0.05) is 34.7 Å². The standard InChI is InChI=1S/C22H25BrIN7O/c1-13(11-24)26-20(32)9-4-14-2-7-16(8-3-14)27-22-25-12-17(23)21(29-22)28-19-10-18(30-31-19)15-5-6-15/h2-3,7-8,10,12-13,15H,4-6,9,11H2,1H3,(H,26,32)(H3,25,27,28,29,30,31). The molecule has 1 saturated carbocycles. The number of aromatic amines is 1. The summed E-state index contributed by atoms with van der Waals surface area (Å²) in [6.45, 7) is 2.01. The number of rotatable bonds is 10. The van der Waals surface area contributed by atoms with E-state index in [-0.39, 0.29) is 11.9 Å². The summed E-state index contributed by atoms with van der Waals surface area (Å²) in [7, 11) is 0. The van der Waals surface area contributed by atoms with Crippen molar-refractivity contribution < 1.29 is 4.79 Å². The van der Waals surface area contributed by atoms with Crippen LogP contribution in [0.1, 0.15) is 43.4 Å². The molecule has 1 atom stereocenters. The first-order valence-electron chi connectivity index (χ1n) is 10.6. The maximum atomic E-state index is 12.0. The van der Waals surface area contributed by atoms with Crippen molar-refractivity contribution in [2.75, 3.05) is 15.1 Å². The molecule has 0 radical (unpaired) electrons. The Morgan fingerprint density at radius 3 is 2.78 bits per heavy atom. The lowest BCUT2D eigenvalue weighted by atomic mass is 10.1. The molecular weight excluding hydrogens is 585 g/mol. The second-order valence-electron chi connectivity index (χ2n) is 7.94. The number of amides is 1. The van der Waals surface area contributed by atoms with Gasteiger partial charge in [-0.05, 0) is 59.8 Å². The first kappa shape index (κ1) is 23.0. The minimum atomic E-state index is 0.0841. The van der Waals surface area contributed by atoms with Crippen LogP contribution in [0.4, 0.5) is 23.3 Å². The summed E-state index contributed by atoms with van der Waals surface area (Å²) >= 11 is 5.76. The Morgan fingerprint density at radius 2 is 2.06 bits per heavy atom. The molecule has 32 heavy (non-hydrogen) atoms. The molecule has 1 aliphatic carbocycles. The molecule has 0 aliphatic heterocycles. The number of nitrogens with zero attached hydrogens (tertiary/aromatic N) is 3. The summed E-state index contributed by atoms with van der Waals surface area (Å²) in [6.07, 6.45) is 5.33. The highest BCUT2D eigenvalue weighted by molar-refractivity contribution is 14.1. The SMILES string of the molecule is CC(CI)NC(=O)CCc1ccc(Nc2ncc(Br)c(Nc3cc(C4CC4)[nH]n3)n2)cc1. The molecule has 3 aromatic rings. The van der Waals surface area contributed by atoms with Crippen molar-refractivity contribution in [3.8, 4) is 0 Å². The zero-order chi connectivity index (χ0) is 22.5. The van der Waals surface area contributed by atoms with Crippen LogP contribution < -0.4 is 16.0 Å². The van der Waals surface area contributed by atoms with Gasteiger partial charge in [-0.3, -0.25) is 9.89 Å². The van der Waals surface area contributed by atoms with Crippen LogP contribution in [0.3, 0.4) is 0 Å². The molecule has 4 N–H and O–H groups in total. The number of carbonyl (C=O) groups is 1. The third kappa shape index (κ3) is 6.41. The first-order valence-corrected chi connectivity index (χ1v) is 12.9. The van der Waals surface area contributed by atoms with Crippen LogP contribution in [-0.4, -0.2) is 36.5 Å². The van der Waals surface area contributed by atoms with Crippen molar-refractivity contribution in [1.82, 2.24) is 25.5 Å². The third-order valence-corrected chi connectivity index (χ3v) is 7.00. The number of nitrogens with one attached hydrogen (secondary N) is 4. The van der Waals surface area contributed by atoms with E-state index in [0.717, 1.165) is 31.7 Å². The molecule has 10 heteroatoms. The van der Waals surface area contributed by atoms with Crippen molar-refractivity contribution >= 4 is 67.7 Å². The number of aryl methyl sites for hydroxylation is 1. The molecule has 0 spiro atoms. The lowest BCUT2D eigenvalue weighted by Crippen LogP contribution is -2.33. The van der Waals surface area contributed by atoms with Gasteiger partial charge in [0.25, 0.3) is 0 Å². The average Bonchev–Trinajstić information content (AvgIpc) is 3.54. The van der Waals surface area contributed by atoms with Crippen LogP contribution in [0.5, 0.6) is 0 Å². The van der Waals surface area contributed by atoms with Gasteiger partial charge in [-0.2, -0.15) is 10.1 Å². The van der Waals surface area contributed by atoms with Gasteiger partial charge in [0.05, 0.1) is 4.47 Å². The van der Waals surface area contributed by atoms with Crippen LogP contribution in [-0.2, 0) is 11.2 Å². The number of H-pyrrole nitrogens is 1. The highest BCUT2D eigenvalue weighted by Crippen LogP contribution is 2.39. The molecule has 1 fully saturated rings. The topological polar surface area (TPSA) is 108 Å². The van der Waals surface area contributed by atoms with E-state index in [4.69, 9.17) is 0 Å². The van der Waals surface area contributed by atoms with E-state index in [9.17, 15) is 4.79 Å². The van der Waals surface area contributed by atoms with Gasteiger partial charge in [-0.25, -0.2) is 4.98 Å². The van der Waals surface area contributed by atoms with Gasteiger partial charge in [0, 0.05) is 46.5 Å². The molecule has 2 aromatic heterocycles. The number of anilines is 4. The number of hydrogen-bond donors (Lipinski definition) is 4. The zero-order valence-electron chi connectivity index (χ0n) is 17.7. The van der Waals surface area contributed by atoms with E-state index in [0.29, 0.717) is 30.5 Å². The fraction of sp³-hybridized carbons (Fsp3) is 0.364. The van der Waals surface area contributed by atoms with Crippen molar-refractivity contribution in [2.45, 2.75) is 44.6 Å². The second kappa shape index (κ2) is 10.6. The highest BCUT2D eigenvalue weighted by Gasteiger charge is 2.25. The fourth-order valence-electron chi connectivity index (χ4n) is 3.17. The number of hydrogen-bond acceptors (Lipinski definition) is 6. The summed E-state index contributed by atoms with van der Waals surface area (Å²) in [5, 5.41) is 16.9. The van der Waals surface area contributed by atoms with Crippen LogP contribution in [0, 0.1) is 0 Å². The van der Waals surface area contributed by atoms with Crippen molar-refractivity contribution in [1.29, 1.82) is 0 Å². The van der Waals surface area contributed by atoms with E-state index >= 15 is 0 Å². The van der Waals surface area contributed by atoms with Crippen molar-refractivity contribution in [2.24, 2.45) is 0 Å². The van der Waals surface area contributed by atoms with Crippen molar-refractivity contribution in [3.63, 3.8) is 0 Å². The quantitative estimate of drug-likeness (QED) is 0.186. The van der Waals surface area contributed by atoms with Gasteiger partial charge < -0.3 is 16.0 Å². The Labute approximate surface area is 209 Å². The van der Waals surface area contributed by atoms with Gasteiger partial charge >= 0.3 is 0 Å². The predicted octanol–water partition coefficient (Wildman–Crippen LogP) is 5.20. The number of alkyl halides is 1. The highest BCUT2D eigenvalue weighted by atomic mass is 127. The number of halogens is 2. The fourth-order valence-corrected chi connectivity index (χ4v) is 3.68. The van der Waals surface area contributed by atoms with Crippen LogP contribution >= 0.6 is 38.5 Å². The first-order chi connectivity index (χ1) is 15.5. The molecule has 1 unspecified atom stereocenters. The molecule has 168 valence electrons. The molecule has 0 bridgehead atoms. The van der Waals surface area contributed by atoms with E-state index in [1.54, 1.807) is 6.20 Å². The predicted molar refractivity (Wildman–Crippen MR) is 138 cm³/mol. The van der Waals surface area contributed by atoms with Crippen LogP contribution in [0.15, 0.2) is 41.0 Å². The molecule has 1 aliphatic rings. The van der Waals surface area contributed by atoms with E-state index in [1.165, 1.54) is 12.8 Å². The van der Waals surface area contributed by atoms with E-state index < -0.39 is 0 Å². The van der Waals surface area contributed by atoms with Crippen LogP contribution in [0.25, 0.3) is 0 Å². The smallest absolute Gasteiger partial charge is 0.229 e. The van der Waals surface area contributed by atoms with Gasteiger partial charge in [0.15, 0.2) is 11.6 Å². The third-order valence-electron chi connectivity index (χ3n) is 5.10. The van der Waals surface area contributed by atoms with E-state index in [2.05, 4.69) is 74.6 Å². The number of aromatic nitrogens is 4. The molecule has 0 saturated heterocycles. The Hall–Kier alpha value is -2.21. The minimum Gasteiger partial charge on any atom is -0.353 e. The normalized spacial score (nSPS) is 14.1. The Morgan fingerprint density at radius 1 is 1.28 bits per heavy atom. The average molecular weight is 610 g/mol. The maximum absolute atomic E-state index is 12.0. The van der Waals surface area contributed by atoms with Gasteiger partial charge in [-0.15, -0.1) is 0 Å². The second-order valence-corrected chi connectivity index (χ2v) is 9.68. The number of benzene rings is 1. The molecular formula is C22H25BrIN7O. The molecule has 4 rings (SSSR count). The Balaban J connectivity index is 1.34. The number of carbonyl (C=O) groups excluding carboxylic acids is 1. The summed E-state index contributed by atoms with van der Waals surface area (Å²) in [5.74, 6) is 2.55. The van der Waals surface area contributed by atoms with Gasteiger partial charge in [0.1, 0.15) is 0 Å². The monoisotopic (exact) mass is 609 g/mol. The Kier molecular flexibility index (Phi) is 7.61. The lowest BCUT2D eigenvalue weighted by Gasteiger charge is -2.11. The minimum absolute atomic E-state index is 0.0841. The Bertz CT molecular complexity index is 1070. The molecule has 2 heterocycles. The van der Waals surface area contributed by atoms with Gasteiger partial charge in [0.2, 0.25) is 11.9 Å². The zero-order valence-corrected chi connectivity index (χ0v) is 21.4. The van der Waals surface area contributed by atoms with Crippen LogP contribution in [0.2, 0.25) is 0 Å². The summed E-state index contributed by atoms with van der Waals surface area (Å²) in [4.78, 5) is 20.9. The maximum Gasteiger partial charge on any atom is 0.229 e. The largest absolute Gasteiger partial charge is 0.353 e.